The summed E-state index contributed by atoms with van der Waals surface area (Å²) in [6.45, 7) is 1.73. The molecule has 0 aliphatic carbocycles. The van der Waals surface area contributed by atoms with Gasteiger partial charge in [-0.3, -0.25) is 0 Å². The smallest absolute Gasteiger partial charge is 0.315 e. The summed E-state index contributed by atoms with van der Waals surface area (Å²) in [6, 6.07) is 3.42. The molecule has 0 bridgehead atoms. The number of anilines is 1. The van der Waals surface area contributed by atoms with Gasteiger partial charge in [-0.1, -0.05) is 15.1 Å². The number of nitrogens with zero attached hydrogens (tertiary/aromatic N) is 1. The summed E-state index contributed by atoms with van der Waals surface area (Å²) >= 11 is 0. The third-order valence-corrected chi connectivity index (χ3v) is 2.38. The molecule has 0 fully saturated rings. The van der Waals surface area contributed by atoms with Gasteiger partial charge in [0.2, 0.25) is 0 Å². The Kier molecular flexibility index (Phi) is 5.50. The van der Waals surface area contributed by atoms with Crippen LogP contribution in [0.1, 0.15) is 5.56 Å². The highest BCUT2D eigenvalue weighted by molar-refractivity contribution is 7.32. The standard InChI is InChI=1S/C7H8N2O6P2/c1-5-3-2-4-8-6(5)9-7(14-16(10)11)15-17(12)13/h2-4,7H,1H3,(H-2,8,9,10,11,12,13)/p+2. The van der Waals surface area contributed by atoms with Crippen molar-refractivity contribution in [3.63, 3.8) is 0 Å². The van der Waals surface area contributed by atoms with E-state index in [1.54, 1.807) is 19.1 Å². The Morgan fingerprint density at radius 2 is 1.94 bits per heavy atom. The molecular formula is C7H10N2O6P2+2. The van der Waals surface area contributed by atoms with Crippen LogP contribution < -0.4 is 5.32 Å². The molecule has 0 aliphatic rings. The van der Waals surface area contributed by atoms with Crippen LogP contribution in [-0.4, -0.2) is 21.2 Å². The van der Waals surface area contributed by atoms with Crippen LogP contribution >= 0.6 is 16.5 Å². The molecule has 1 rings (SSSR count). The largest absolute Gasteiger partial charge is 0.699 e. The van der Waals surface area contributed by atoms with Crippen molar-refractivity contribution in [2.45, 2.75) is 13.3 Å². The van der Waals surface area contributed by atoms with Gasteiger partial charge in [0.05, 0.1) is 0 Å². The van der Waals surface area contributed by atoms with Gasteiger partial charge in [0, 0.05) is 15.3 Å². The minimum Gasteiger partial charge on any atom is -0.315 e. The number of rotatable bonds is 6. The fourth-order valence-corrected chi connectivity index (χ4v) is 1.57. The lowest BCUT2D eigenvalue weighted by molar-refractivity contribution is 0.0258. The highest BCUT2D eigenvalue weighted by Gasteiger charge is 2.33. The molecule has 10 heteroatoms. The molecule has 2 atom stereocenters. The van der Waals surface area contributed by atoms with Crippen molar-refractivity contribution in [2.24, 2.45) is 0 Å². The SMILES string of the molecule is Cc1cccnc1NC(O[P+](=O)O)O[P+](=O)O. The Morgan fingerprint density at radius 1 is 1.35 bits per heavy atom. The minimum absolute atomic E-state index is 0.311. The minimum atomic E-state index is -2.98. The van der Waals surface area contributed by atoms with Crippen molar-refractivity contribution in [1.29, 1.82) is 0 Å². The Bertz CT molecular complexity index is 413. The van der Waals surface area contributed by atoms with E-state index < -0.39 is 22.9 Å². The summed E-state index contributed by atoms with van der Waals surface area (Å²) in [5, 5.41) is 2.47. The van der Waals surface area contributed by atoms with Crippen LogP contribution in [0.15, 0.2) is 18.3 Å². The first-order valence-corrected chi connectivity index (χ1v) is 6.59. The van der Waals surface area contributed by atoms with Crippen LogP contribution in [0.4, 0.5) is 5.82 Å². The molecule has 0 aromatic carbocycles. The number of hydrogen-bond acceptors (Lipinski definition) is 6. The maximum atomic E-state index is 10.5. The summed E-state index contributed by atoms with van der Waals surface area (Å²) in [6.07, 6.45) is -0.0598. The van der Waals surface area contributed by atoms with E-state index in [1.165, 1.54) is 6.20 Å². The van der Waals surface area contributed by atoms with Crippen molar-refractivity contribution < 1.29 is 28.0 Å². The molecule has 0 aliphatic heterocycles. The lowest BCUT2D eigenvalue weighted by atomic mass is 10.3. The molecule has 17 heavy (non-hydrogen) atoms. The monoisotopic (exact) mass is 280 g/mol. The van der Waals surface area contributed by atoms with E-state index in [0.29, 0.717) is 11.4 Å². The van der Waals surface area contributed by atoms with E-state index in [9.17, 15) is 9.13 Å². The first kappa shape index (κ1) is 14.1. The molecule has 0 radical (unpaired) electrons. The normalized spacial score (nSPS) is 14.1. The summed E-state index contributed by atoms with van der Waals surface area (Å²) < 4.78 is 29.7. The van der Waals surface area contributed by atoms with Gasteiger partial charge in [-0.15, -0.1) is 9.79 Å². The third-order valence-electron chi connectivity index (χ3n) is 1.64. The fraction of sp³-hybridized carbons (Fsp3) is 0.286. The Balaban J connectivity index is 2.75. The second kappa shape index (κ2) is 6.66. The molecule has 0 spiro atoms. The van der Waals surface area contributed by atoms with E-state index in [4.69, 9.17) is 9.79 Å². The van der Waals surface area contributed by atoms with E-state index in [-0.39, 0.29) is 0 Å². The van der Waals surface area contributed by atoms with Crippen molar-refractivity contribution in [1.82, 2.24) is 4.98 Å². The quantitative estimate of drug-likeness (QED) is 0.528. The fourth-order valence-electron chi connectivity index (χ4n) is 0.984. The lowest BCUT2D eigenvalue weighted by Gasteiger charge is -2.08. The molecule has 8 nitrogen and oxygen atoms in total. The number of aryl methyl sites for hydroxylation is 1. The van der Waals surface area contributed by atoms with Crippen molar-refractivity contribution in [2.75, 3.05) is 5.32 Å². The Labute approximate surface area is 98.5 Å². The lowest BCUT2D eigenvalue weighted by Crippen LogP contribution is -2.22. The average molecular weight is 280 g/mol. The van der Waals surface area contributed by atoms with Gasteiger partial charge in [-0.05, 0) is 18.6 Å². The Morgan fingerprint density at radius 3 is 2.41 bits per heavy atom. The number of hydrogen-bond donors (Lipinski definition) is 3. The van der Waals surface area contributed by atoms with Crippen LogP contribution in [0.5, 0.6) is 0 Å². The number of aromatic nitrogens is 1. The predicted molar refractivity (Wildman–Crippen MR) is 58.2 cm³/mol. The van der Waals surface area contributed by atoms with Crippen molar-refractivity contribution in [3.05, 3.63) is 23.9 Å². The summed E-state index contributed by atoms with van der Waals surface area (Å²) in [4.78, 5) is 21.0. The zero-order valence-electron chi connectivity index (χ0n) is 8.68. The highest BCUT2D eigenvalue weighted by atomic mass is 31.1. The maximum absolute atomic E-state index is 10.5. The summed E-state index contributed by atoms with van der Waals surface area (Å²) in [7, 11) is -5.96. The molecule has 0 saturated heterocycles. The number of pyridine rings is 1. The molecule has 0 saturated carbocycles. The van der Waals surface area contributed by atoms with Gasteiger partial charge < -0.3 is 5.32 Å². The van der Waals surface area contributed by atoms with Gasteiger partial charge >= 0.3 is 22.9 Å². The van der Waals surface area contributed by atoms with Crippen LogP contribution in [0, 0.1) is 6.92 Å². The van der Waals surface area contributed by atoms with Gasteiger partial charge in [0.25, 0.3) is 0 Å². The summed E-state index contributed by atoms with van der Waals surface area (Å²) in [5.41, 5.74) is 0.714. The van der Waals surface area contributed by atoms with Crippen LogP contribution in [0.25, 0.3) is 0 Å². The molecule has 3 N–H and O–H groups in total. The molecular weight excluding hydrogens is 270 g/mol. The molecule has 92 valence electrons. The zero-order chi connectivity index (χ0) is 12.8. The van der Waals surface area contributed by atoms with Crippen molar-refractivity contribution >= 4 is 22.3 Å². The first-order valence-electron chi connectivity index (χ1n) is 4.33. The van der Waals surface area contributed by atoms with Crippen LogP contribution in [-0.2, 0) is 18.2 Å². The molecule has 2 unspecified atom stereocenters. The molecule has 0 amide bonds. The van der Waals surface area contributed by atoms with Crippen molar-refractivity contribution in [3.8, 4) is 0 Å². The van der Waals surface area contributed by atoms with Crippen LogP contribution in [0.2, 0.25) is 0 Å². The van der Waals surface area contributed by atoms with E-state index >= 15 is 0 Å². The van der Waals surface area contributed by atoms with Gasteiger partial charge in [-0.25, -0.2) is 4.98 Å². The highest BCUT2D eigenvalue weighted by Crippen LogP contribution is 2.27. The zero-order valence-corrected chi connectivity index (χ0v) is 10.5. The van der Waals surface area contributed by atoms with E-state index in [2.05, 4.69) is 19.3 Å². The molecule has 1 aromatic heterocycles. The van der Waals surface area contributed by atoms with Gasteiger partial charge in [-0.2, -0.15) is 0 Å². The van der Waals surface area contributed by atoms with Crippen LogP contribution in [0.3, 0.4) is 0 Å². The second-order valence-electron chi connectivity index (χ2n) is 2.83. The summed E-state index contributed by atoms with van der Waals surface area (Å²) in [5.74, 6) is 0.311. The topological polar surface area (TPSA) is 118 Å². The van der Waals surface area contributed by atoms with E-state index in [0.717, 1.165) is 0 Å². The maximum Gasteiger partial charge on any atom is 0.699 e. The average Bonchev–Trinajstić information content (AvgIpc) is 2.19. The molecule has 1 aromatic rings. The predicted octanol–water partition coefficient (Wildman–Crippen LogP) is 1.42. The third kappa shape index (κ3) is 5.23. The van der Waals surface area contributed by atoms with E-state index in [1.807, 2.05) is 0 Å². The molecule has 1 heterocycles. The van der Waals surface area contributed by atoms with Gasteiger partial charge in [0.15, 0.2) is 0 Å². The Hall–Kier alpha value is -1.01. The first-order chi connectivity index (χ1) is 7.99. The number of nitrogens with one attached hydrogen (secondary N) is 1. The van der Waals surface area contributed by atoms with Gasteiger partial charge in [0.1, 0.15) is 5.82 Å². The second-order valence-corrected chi connectivity index (χ2v) is 4.20.